The molecule has 162 valence electrons. The Morgan fingerprint density at radius 2 is 1.81 bits per heavy atom. The Balaban J connectivity index is 1.32. The number of hydrogen-bond donors (Lipinski definition) is 1. The molecule has 0 radical (unpaired) electrons. The molecule has 3 aromatic rings. The molecule has 0 unspecified atom stereocenters. The second kappa shape index (κ2) is 9.35. The number of nitrogens with one attached hydrogen (secondary N) is 1. The average Bonchev–Trinajstić information content (AvgIpc) is 2.81. The highest BCUT2D eigenvalue weighted by molar-refractivity contribution is 6.06. The van der Waals surface area contributed by atoms with Crippen molar-refractivity contribution in [1.29, 1.82) is 0 Å². The van der Waals surface area contributed by atoms with E-state index in [1.54, 1.807) is 18.7 Å². The number of carbonyl (C=O) groups is 1. The zero-order valence-electron chi connectivity index (χ0n) is 18.1. The zero-order valence-corrected chi connectivity index (χ0v) is 18.1. The van der Waals surface area contributed by atoms with Gasteiger partial charge in [0.15, 0.2) is 0 Å². The number of fused-ring (bicyclic) bond motifs is 1. The number of nitrogens with zero attached hydrogens (tertiary/aromatic N) is 2. The lowest BCUT2D eigenvalue weighted by Crippen LogP contribution is -2.38. The third kappa shape index (κ3) is 4.80. The van der Waals surface area contributed by atoms with Crippen LogP contribution in [0, 0.1) is 5.92 Å². The average molecular weight is 420 g/mol. The van der Waals surface area contributed by atoms with Gasteiger partial charge in [-0.05, 0) is 55.6 Å². The van der Waals surface area contributed by atoms with E-state index in [9.17, 15) is 9.59 Å². The first-order valence-electron chi connectivity index (χ1n) is 10.8. The number of piperidine rings is 1. The molecule has 4 rings (SSSR count). The van der Waals surface area contributed by atoms with E-state index in [4.69, 9.17) is 4.74 Å². The van der Waals surface area contributed by atoms with Gasteiger partial charge in [-0.2, -0.15) is 0 Å². The van der Waals surface area contributed by atoms with Crippen molar-refractivity contribution in [3.63, 3.8) is 0 Å². The second-order valence-electron chi connectivity index (χ2n) is 8.25. The summed E-state index contributed by atoms with van der Waals surface area (Å²) in [5, 5.41) is 3.87. The van der Waals surface area contributed by atoms with Gasteiger partial charge in [-0.3, -0.25) is 14.5 Å². The van der Waals surface area contributed by atoms with Crippen molar-refractivity contribution in [2.24, 2.45) is 13.0 Å². The number of carbonyl (C=O) groups excluding carboxylic acids is 1. The van der Waals surface area contributed by atoms with E-state index in [2.05, 4.69) is 22.3 Å². The topological polar surface area (TPSA) is 63.6 Å². The largest absolute Gasteiger partial charge is 0.497 e. The van der Waals surface area contributed by atoms with Gasteiger partial charge in [0.05, 0.1) is 18.2 Å². The predicted octanol–water partition coefficient (Wildman–Crippen LogP) is 3.19. The van der Waals surface area contributed by atoms with Crippen LogP contribution in [0.2, 0.25) is 0 Å². The molecule has 0 atom stereocenters. The molecule has 1 aliphatic rings. The van der Waals surface area contributed by atoms with Crippen molar-refractivity contribution in [2.45, 2.75) is 19.4 Å². The maximum Gasteiger partial charge on any atom is 0.252 e. The summed E-state index contributed by atoms with van der Waals surface area (Å²) in [5.41, 5.74) is 2.34. The van der Waals surface area contributed by atoms with E-state index < -0.39 is 0 Å². The molecule has 1 aliphatic heterocycles. The summed E-state index contributed by atoms with van der Waals surface area (Å²) < 4.78 is 6.79. The highest BCUT2D eigenvalue weighted by Gasteiger charge is 2.21. The zero-order chi connectivity index (χ0) is 21.8. The summed E-state index contributed by atoms with van der Waals surface area (Å²) in [5.74, 6) is 1.16. The molecule has 0 spiro atoms. The quantitative estimate of drug-likeness (QED) is 0.667. The molecule has 0 saturated carbocycles. The Hall–Kier alpha value is -3.12. The maximum atomic E-state index is 12.8. The summed E-state index contributed by atoms with van der Waals surface area (Å²) in [6.07, 6.45) is 2.10. The number of ether oxygens (including phenoxy) is 1. The van der Waals surface area contributed by atoms with Crippen molar-refractivity contribution in [3.05, 3.63) is 76.1 Å². The molecule has 1 saturated heterocycles. The molecule has 6 nitrogen and oxygen atoms in total. The summed E-state index contributed by atoms with van der Waals surface area (Å²) in [4.78, 5) is 27.6. The van der Waals surface area contributed by atoms with E-state index in [0.717, 1.165) is 49.1 Å². The Kier molecular flexibility index (Phi) is 6.37. The van der Waals surface area contributed by atoms with Crippen LogP contribution in [-0.2, 0) is 13.6 Å². The predicted molar refractivity (Wildman–Crippen MR) is 123 cm³/mol. The van der Waals surface area contributed by atoms with Crippen LogP contribution in [0.25, 0.3) is 10.9 Å². The van der Waals surface area contributed by atoms with E-state index >= 15 is 0 Å². The SMILES string of the molecule is COc1ccc(CN2CCC(CNC(=O)c3cc(=O)n(C)c4ccccc34)CC2)cc1. The fraction of sp³-hybridized carbons (Fsp3) is 0.360. The third-order valence-electron chi connectivity index (χ3n) is 6.22. The lowest BCUT2D eigenvalue weighted by Gasteiger charge is -2.32. The number of aromatic nitrogens is 1. The van der Waals surface area contributed by atoms with Crippen LogP contribution in [0.3, 0.4) is 0 Å². The smallest absolute Gasteiger partial charge is 0.252 e. The molecular formula is C25H29N3O3. The van der Waals surface area contributed by atoms with Crippen LogP contribution in [0.4, 0.5) is 0 Å². The minimum absolute atomic E-state index is 0.171. The number of methoxy groups -OCH3 is 1. The molecule has 1 fully saturated rings. The Labute approximate surface area is 182 Å². The van der Waals surface area contributed by atoms with Crippen LogP contribution < -0.4 is 15.6 Å². The molecule has 0 aliphatic carbocycles. The van der Waals surface area contributed by atoms with Crippen LogP contribution in [0.5, 0.6) is 5.75 Å². The normalized spacial score (nSPS) is 15.2. The summed E-state index contributed by atoms with van der Waals surface area (Å²) in [6.45, 7) is 3.60. The van der Waals surface area contributed by atoms with Gasteiger partial charge in [-0.25, -0.2) is 0 Å². The van der Waals surface area contributed by atoms with Crippen molar-refractivity contribution in [3.8, 4) is 5.75 Å². The molecule has 2 aromatic carbocycles. The molecule has 2 heterocycles. The van der Waals surface area contributed by atoms with Crippen LogP contribution in [0.15, 0.2) is 59.4 Å². The number of aryl methyl sites for hydroxylation is 1. The Morgan fingerprint density at radius 1 is 1.10 bits per heavy atom. The second-order valence-corrected chi connectivity index (χ2v) is 8.25. The Morgan fingerprint density at radius 3 is 2.52 bits per heavy atom. The minimum atomic E-state index is -0.172. The van der Waals surface area contributed by atoms with Crippen LogP contribution in [-0.4, -0.2) is 42.1 Å². The molecule has 1 aromatic heterocycles. The van der Waals surface area contributed by atoms with Crippen molar-refractivity contribution in [1.82, 2.24) is 14.8 Å². The number of amides is 1. The standard InChI is InChI=1S/C25H29N3O3/c1-27-23-6-4-3-5-21(23)22(15-24(27)29)25(30)26-16-18-11-13-28(14-12-18)17-19-7-9-20(31-2)10-8-19/h3-10,15,18H,11-14,16-17H2,1-2H3,(H,26,30). The fourth-order valence-electron chi connectivity index (χ4n) is 4.27. The lowest BCUT2D eigenvalue weighted by atomic mass is 9.96. The number of pyridine rings is 1. The van der Waals surface area contributed by atoms with E-state index in [0.29, 0.717) is 18.0 Å². The number of para-hydroxylation sites is 1. The Bertz CT molecular complexity index is 1110. The third-order valence-corrected chi connectivity index (χ3v) is 6.22. The first-order chi connectivity index (χ1) is 15.0. The van der Waals surface area contributed by atoms with Gasteiger partial charge in [-0.15, -0.1) is 0 Å². The van der Waals surface area contributed by atoms with Gasteiger partial charge >= 0.3 is 0 Å². The van der Waals surface area contributed by atoms with Crippen LogP contribution >= 0.6 is 0 Å². The van der Waals surface area contributed by atoms with Gasteiger partial charge in [0.1, 0.15) is 5.75 Å². The van der Waals surface area contributed by atoms with Crippen molar-refractivity contribution < 1.29 is 9.53 Å². The van der Waals surface area contributed by atoms with Gasteiger partial charge in [0.2, 0.25) is 0 Å². The molecule has 0 bridgehead atoms. The van der Waals surface area contributed by atoms with Gasteiger partial charge in [0.25, 0.3) is 11.5 Å². The van der Waals surface area contributed by atoms with Crippen molar-refractivity contribution in [2.75, 3.05) is 26.7 Å². The molecule has 1 amide bonds. The van der Waals surface area contributed by atoms with Crippen molar-refractivity contribution >= 4 is 16.8 Å². The summed E-state index contributed by atoms with van der Waals surface area (Å²) >= 11 is 0. The summed E-state index contributed by atoms with van der Waals surface area (Å²) in [6, 6.07) is 17.2. The molecule has 31 heavy (non-hydrogen) atoms. The first-order valence-corrected chi connectivity index (χ1v) is 10.8. The number of hydrogen-bond acceptors (Lipinski definition) is 4. The van der Waals surface area contributed by atoms with E-state index in [1.807, 2.05) is 36.4 Å². The van der Waals surface area contributed by atoms with Gasteiger partial charge < -0.3 is 14.6 Å². The maximum absolute atomic E-state index is 12.8. The van der Waals surface area contributed by atoms with Gasteiger partial charge in [-0.1, -0.05) is 30.3 Å². The van der Waals surface area contributed by atoms with Gasteiger partial charge in [0, 0.05) is 31.6 Å². The monoisotopic (exact) mass is 419 g/mol. The fourth-order valence-corrected chi connectivity index (χ4v) is 4.27. The number of rotatable bonds is 6. The summed E-state index contributed by atoms with van der Waals surface area (Å²) in [7, 11) is 3.41. The lowest BCUT2D eigenvalue weighted by molar-refractivity contribution is 0.0936. The van der Waals surface area contributed by atoms with Crippen LogP contribution in [0.1, 0.15) is 28.8 Å². The molecular weight excluding hydrogens is 390 g/mol. The number of benzene rings is 2. The first kappa shape index (κ1) is 21.1. The highest BCUT2D eigenvalue weighted by Crippen LogP contribution is 2.21. The van der Waals surface area contributed by atoms with E-state index in [-0.39, 0.29) is 11.5 Å². The molecule has 6 heteroatoms. The minimum Gasteiger partial charge on any atom is -0.497 e. The molecule has 1 N–H and O–H groups in total. The number of likely N-dealkylation sites (tertiary alicyclic amines) is 1. The highest BCUT2D eigenvalue weighted by atomic mass is 16.5. The van der Waals surface area contributed by atoms with E-state index in [1.165, 1.54) is 11.6 Å².